The van der Waals surface area contributed by atoms with Gasteiger partial charge in [0.05, 0.1) is 33.8 Å². The number of nitrogens with zero attached hydrogens (tertiary/aromatic N) is 4. The number of halogens is 2. The van der Waals surface area contributed by atoms with Crippen LogP contribution < -0.4 is 10.6 Å². The Morgan fingerprint density at radius 2 is 1.12 bits per heavy atom. The van der Waals surface area contributed by atoms with Gasteiger partial charge in [0.2, 0.25) is 0 Å². The van der Waals surface area contributed by atoms with Crippen LogP contribution in [-0.4, -0.2) is 33.4 Å². The number of amides is 2. The van der Waals surface area contributed by atoms with E-state index in [1.807, 2.05) is 12.1 Å². The molecule has 0 atom stereocenters. The molecule has 0 unspecified atom stereocenters. The molecule has 0 aliphatic carbocycles. The van der Waals surface area contributed by atoms with E-state index < -0.39 is 23.4 Å². The predicted molar refractivity (Wildman–Crippen MR) is 128 cm³/mol. The van der Waals surface area contributed by atoms with Gasteiger partial charge in [-0.2, -0.15) is 10.5 Å². The molecule has 2 heterocycles. The standard InChI is InChI=1S/2C11H12ClN3O2/c2*1-11(2,3)17-10(16)15-7-4-8(12)9(5-13)14-6-7/h2*4,6H,1-3H3,(H,15,16). The molecule has 0 aliphatic heterocycles. The molecule has 2 amide bonds. The molecule has 34 heavy (non-hydrogen) atoms. The van der Waals surface area contributed by atoms with E-state index >= 15 is 0 Å². The van der Waals surface area contributed by atoms with Crippen molar-refractivity contribution >= 4 is 46.8 Å². The Morgan fingerprint density at radius 1 is 0.794 bits per heavy atom. The summed E-state index contributed by atoms with van der Waals surface area (Å²) in [6.07, 6.45) is 1.49. The summed E-state index contributed by atoms with van der Waals surface area (Å²) in [5.41, 5.74) is -0.170. The molecule has 0 aliphatic rings. The zero-order valence-corrected chi connectivity index (χ0v) is 21.0. The van der Waals surface area contributed by atoms with Gasteiger partial charge in [0.15, 0.2) is 11.4 Å². The lowest BCUT2D eigenvalue weighted by atomic mass is 10.2. The van der Waals surface area contributed by atoms with Crippen LogP contribution in [0, 0.1) is 22.7 Å². The first-order valence-corrected chi connectivity index (χ1v) is 10.5. The van der Waals surface area contributed by atoms with Crippen LogP contribution in [0.5, 0.6) is 0 Å². The maximum Gasteiger partial charge on any atom is 0.412 e. The Morgan fingerprint density at radius 3 is 1.35 bits per heavy atom. The number of nitrogens with one attached hydrogen (secondary N) is 2. The van der Waals surface area contributed by atoms with Gasteiger partial charge < -0.3 is 9.47 Å². The van der Waals surface area contributed by atoms with E-state index in [0.29, 0.717) is 11.4 Å². The van der Waals surface area contributed by atoms with Crippen molar-refractivity contribution in [3.63, 3.8) is 0 Å². The molecule has 0 bridgehead atoms. The summed E-state index contributed by atoms with van der Waals surface area (Å²) in [6.45, 7) is 10.6. The minimum atomic E-state index is -0.597. The molecule has 12 heteroatoms. The molecule has 2 rings (SSSR count). The molecule has 180 valence electrons. The van der Waals surface area contributed by atoms with E-state index in [2.05, 4.69) is 20.6 Å². The fraction of sp³-hybridized carbons (Fsp3) is 0.364. The zero-order chi connectivity index (χ0) is 26.1. The van der Waals surface area contributed by atoms with Crippen molar-refractivity contribution in [3.8, 4) is 12.1 Å². The summed E-state index contributed by atoms with van der Waals surface area (Å²) in [5.74, 6) is 0. The highest BCUT2D eigenvalue weighted by Crippen LogP contribution is 2.19. The summed E-state index contributed by atoms with van der Waals surface area (Å²) >= 11 is 11.5. The van der Waals surface area contributed by atoms with Crippen molar-refractivity contribution in [2.45, 2.75) is 52.7 Å². The molecule has 2 aromatic heterocycles. The second-order valence-electron chi connectivity index (χ2n) is 8.59. The molecule has 0 fully saturated rings. The number of nitriles is 2. The highest BCUT2D eigenvalue weighted by Gasteiger charge is 2.17. The van der Waals surface area contributed by atoms with E-state index in [-0.39, 0.29) is 21.4 Å². The quantitative estimate of drug-likeness (QED) is 0.509. The normalized spacial score (nSPS) is 10.5. The Kier molecular flexibility index (Phi) is 10.1. The summed E-state index contributed by atoms with van der Waals surface area (Å²) in [7, 11) is 0. The van der Waals surface area contributed by atoms with Crippen LogP contribution in [0.3, 0.4) is 0 Å². The lowest BCUT2D eigenvalue weighted by Crippen LogP contribution is -2.27. The molecule has 2 N–H and O–H groups in total. The summed E-state index contributed by atoms with van der Waals surface area (Å²) in [6, 6.07) is 6.54. The molecule has 0 saturated carbocycles. The molecule has 0 radical (unpaired) electrons. The monoisotopic (exact) mass is 506 g/mol. The number of pyridine rings is 2. The first-order chi connectivity index (χ1) is 15.6. The molecule has 0 spiro atoms. The number of ether oxygens (including phenoxy) is 2. The van der Waals surface area contributed by atoms with Crippen LogP contribution >= 0.6 is 23.2 Å². The average Bonchev–Trinajstić information content (AvgIpc) is 2.65. The SMILES string of the molecule is CC(C)(C)OC(=O)Nc1cnc(C#N)c(Cl)c1.CC(C)(C)OC(=O)Nc1cnc(C#N)c(Cl)c1. The van der Waals surface area contributed by atoms with Crippen molar-refractivity contribution in [1.82, 2.24) is 9.97 Å². The maximum absolute atomic E-state index is 11.4. The largest absolute Gasteiger partial charge is 0.444 e. The maximum atomic E-state index is 11.4. The van der Waals surface area contributed by atoms with Crippen LogP contribution in [-0.2, 0) is 9.47 Å². The van der Waals surface area contributed by atoms with E-state index in [0.717, 1.165) is 0 Å². The second kappa shape index (κ2) is 12.0. The minimum Gasteiger partial charge on any atom is -0.444 e. The van der Waals surface area contributed by atoms with Crippen molar-refractivity contribution in [2.24, 2.45) is 0 Å². The van der Waals surface area contributed by atoms with Crippen molar-refractivity contribution in [3.05, 3.63) is 46.0 Å². The van der Waals surface area contributed by atoms with Crippen LogP contribution in [0.25, 0.3) is 0 Å². The Balaban J connectivity index is 0.000000340. The first kappa shape index (κ1) is 28.4. The Labute approximate surface area is 207 Å². The van der Waals surface area contributed by atoms with E-state index in [9.17, 15) is 9.59 Å². The van der Waals surface area contributed by atoms with Crippen LogP contribution in [0.4, 0.5) is 21.0 Å². The summed E-state index contributed by atoms with van der Waals surface area (Å²) < 4.78 is 10.1. The number of carbonyl (C=O) groups excluding carboxylic acids is 2. The van der Waals surface area contributed by atoms with Gasteiger partial charge in [0.25, 0.3) is 0 Å². The van der Waals surface area contributed by atoms with Gasteiger partial charge in [-0.15, -0.1) is 0 Å². The molecule has 2 aromatic rings. The van der Waals surface area contributed by atoms with Gasteiger partial charge in [0, 0.05) is 0 Å². The molecular weight excluding hydrogens is 483 g/mol. The fourth-order valence-electron chi connectivity index (χ4n) is 2.02. The number of hydrogen-bond donors (Lipinski definition) is 2. The smallest absolute Gasteiger partial charge is 0.412 e. The fourth-order valence-corrected chi connectivity index (χ4v) is 2.44. The third kappa shape index (κ3) is 10.8. The van der Waals surface area contributed by atoms with E-state index in [1.165, 1.54) is 24.5 Å². The van der Waals surface area contributed by atoms with Crippen LogP contribution in [0.1, 0.15) is 52.9 Å². The van der Waals surface area contributed by atoms with Crippen molar-refractivity contribution in [1.29, 1.82) is 10.5 Å². The number of hydrogen-bond acceptors (Lipinski definition) is 8. The predicted octanol–water partition coefficient (Wildman–Crippen LogP) is 5.91. The molecule has 0 aromatic carbocycles. The Bertz CT molecular complexity index is 1040. The third-order valence-corrected chi connectivity index (χ3v) is 3.76. The van der Waals surface area contributed by atoms with E-state index in [4.69, 9.17) is 43.2 Å². The van der Waals surface area contributed by atoms with Gasteiger partial charge in [0.1, 0.15) is 23.3 Å². The van der Waals surface area contributed by atoms with Crippen LogP contribution in [0.2, 0.25) is 10.0 Å². The topological polar surface area (TPSA) is 150 Å². The van der Waals surface area contributed by atoms with Gasteiger partial charge in [-0.3, -0.25) is 10.6 Å². The number of rotatable bonds is 2. The number of anilines is 2. The third-order valence-electron chi connectivity index (χ3n) is 3.18. The number of carbonyl (C=O) groups is 2. The van der Waals surface area contributed by atoms with Crippen LogP contribution in [0.15, 0.2) is 24.5 Å². The molecule has 0 saturated heterocycles. The highest BCUT2D eigenvalue weighted by molar-refractivity contribution is 6.32. The molecular formula is C22H24Cl2N6O4. The summed E-state index contributed by atoms with van der Waals surface area (Å²) in [4.78, 5) is 30.4. The minimum absolute atomic E-state index is 0.112. The second-order valence-corrected chi connectivity index (χ2v) is 9.40. The molecule has 10 nitrogen and oxygen atoms in total. The first-order valence-electron chi connectivity index (χ1n) is 9.75. The van der Waals surface area contributed by atoms with Gasteiger partial charge in [-0.1, -0.05) is 23.2 Å². The van der Waals surface area contributed by atoms with Gasteiger partial charge in [-0.05, 0) is 53.7 Å². The van der Waals surface area contributed by atoms with E-state index in [1.54, 1.807) is 41.5 Å². The number of aromatic nitrogens is 2. The summed E-state index contributed by atoms with van der Waals surface area (Å²) in [5, 5.41) is 22.6. The lowest BCUT2D eigenvalue weighted by molar-refractivity contribution is 0.0624. The average molecular weight is 507 g/mol. The zero-order valence-electron chi connectivity index (χ0n) is 19.5. The van der Waals surface area contributed by atoms with Crippen molar-refractivity contribution < 1.29 is 19.1 Å². The Hall–Kier alpha value is -3.60. The highest BCUT2D eigenvalue weighted by atomic mass is 35.5. The van der Waals surface area contributed by atoms with Gasteiger partial charge >= 0.3 is 12.2 Å². The van der Waals surface area contributed by atoms with Gasteiger partial charge in [-0.25, -0.2) is 19.6 Å². The lowest BCUT2D eigenvalue weighted by Gasteiger charge is -2.19. The van der Waals surface area contributed by atoms with Crippen molar-refractivity contribution in [2.75, 3.05) is 10.6 Å².